The Morgan fingerprint density at radius 2 is 1.79 bits per heavy atom. The highest BCUT2D eigenvalue weighted by Gasteiger charge is 2.37. The number of para-hydroxylation sites is 1. The highest BCUT2D eigenvalue weighted by molar-refractivity contribution is 6.30. The van der Waals surface area contributed by atoms with Crippen LogP contribution < -0.4 is 10.1 Å². The molecule has 1 heterocycles. The van der Waals surface area contributed by atoms with Gasteiger partial charge >= 0.3 is 0 Å². The highest BCUT2D eigenvalue weighted by atomic mass is 35.5. The van der Waals surface area contributed by atoms with Crippen molar-refractivity contribution in [1.29, 1.82) is 0 Å². The van der Waals surface area contributed by atoms with E-state index in [2.05, 4.69) is 10.2 Å². The van der Waals surface area contributed by atoms with E-state index in [0.717, 1.165) is 30.6 Å². The molecular weight excluding hydrogens is 450 g/mol. The van der Waals surface area contributed by atoms with Crippen LogP contribution in [0.1, 0.15) is 41.6 Å². The smallest absolute Gasteiger partial charge is 0.253 e. The molecule has 1 saturated carbocycles. The average Bonchev–Trinajstić information content (AvgIpc) is 3.39. The van der Waals surface area contributed by atoms with Crippen molar-refractivity contribution in [3.05, 3.63) is 64.7 Å². The number of benzene rings is 2. The van der Waals surface area contributed by atoms with Crippen LogP contribution in [0.5, 0.6) is 5.75 Å². The number of carbonyl (C=O) groups excluding carboxylic acids is 2. The molecule has 1 aliphatic carbocycles. The first-order valence-corrected chi connectivity index (χ1v) is 12.6. The number of hydrogen-bond donors (Lipinski definition) is 1. The molecule has 1 unspecified atom stereocenters. The molecule has 0 bridgehead atoms. The van der Waals surface area contributed by atoms with E-state index in [-0.39, 0.29) is 17.9 Å². The van der Waals surface area contributed by atoms with Crippen molar-refractivity contribution in [2.45, 2.75) is 38.1 Å². The third-order valence-electron chi connectivity index (χ3n) is 7.07. The van der Waals surface area contributed by atoms with Gasteiger partial charge in [0.15, 0.2) is 0 Å². The quantitative estimate of drug-likeness (QED) is 0.616. The Bertz CT molecular complexity index is 985. The van der Waals surface area contributed by atoms with Gasteiger partial charge in [-0.3, -0.25) is 14.5 Å². The fraction of sp³-hybridized carbons (Fsp3) is 0.481. The minimum Gasteiger partial charge on any atom is -0.496 e. The van der Waals surface area contributed by atoms with Gasteiger partial charge in [0.05, 0.1) is 13.2 Å². The van der Waals surface area contributed by atoms with Crippen LogP contribution in [0.15, 0.2) is 48.5 Å². The lowest BCUT2D eigenvalue weighted by atomic mass is 9.94. The van der Waals surface area contributed by atoms with Crippen molar-refractivity contribution in [3.8, 4) is 5.75 Å². The van der Waals surface area contributed by atoms with Gasteiger partial charge in [-0.2, -0.15) is 0 Å². The van der Waals surface area contributed by atoms with Crippen LogP contribution in [-0.2, 0) is 11.2 Å². The standard InChI is InChI=1S/C27H34ClN3O3/c1-34-24-12-5-4-7-20(24)13-14-29-26(32)25(21-8-2-3-9-21)30-15-17-31(18-16-30)27(33)22-10-6-11-23(28)19-22/h4-7,10-12,19,21,25H,2-3,8-9,13-18H2,1H3,(H,29,32). The Morgan fingerprint density at radius 1 is 1.06 bits per heavy atom. The summed E-state index contributed by atoms with van der Waals surface area (Å²) >= 11 is 6.07. The molecular formula is C27H34ClN3O3. The van der Waals surface area contributed by atoms with Gasteiger partial charge in [0, 0.05) is 43.3 Å². The van der Waals surface area contributed by atoms with Crippen LogP contribution in [0, 0.1) is 5.92 Å². The second-order valence-corrected chi connectivity index (χ2v) is 9.62. The summed E-state index contributed by atoms with van der Waals surface area (Å²) in [5.41, 5.74) is 1.71. The number of nitrogens with one attached hydrogen (secondary N) is 1. The summed E-state index contributed by atoms with van der Waals surface area (Å²) < 4.78 is 5.43. The van der Waals surface area contributed by atoms with Gasteiger partial charge in [0.2, 0.25) is 5.91 Å². The van der Waals surface area contributed by atoms with Gasteiger partial charge < -0.3 is 15.0 Å². The van der Waals surface area contributed by atoms with Gasteiger partial charge in [-0.1, -0.05) is 48.7 Å². The second kappa shape index (κ2) is 11.7. The highest BCUT2D eigenvalue weighted by Crippen LogP contribution is 2.31. The van der Waals surface area contributed by atoms with E-state index in [1.54, 1.807) is 31.4 Å². The van der Waals surface area contributed by atoms with Gasteiger partial charge in [0.1, 0.15) is 5.75 Å². The van der Waals surface area contributed by atoms with Crippen LogP contribution in [-0.4, -0.2) is 67.5 Å². The zero-order chi connectivity index (χ0) is 23.9. The van der Waals surface area contributed by atoms with Crippen molar-refractivity contribution < 1.29 is 14.3 Å². The minimum absolute atomic E-state index is 0.000765. The molecule has 0 aromatic heterocycles. The van der Waals surface area contributed by atoms with Crippen molar-refractivity contribution >= 4 is 23.4 Å². The van der Waals surface area contributed by atoms with Crippen LogP contribution in [0.2, 0.25) is 5.02 Å². The average molecular weight is 484 g/mol. The lowest BCUT2D eigenvalue weighted by Gasteiger charge is -2.40. The maximum Gasteiger partial charge on any atom is 0.253 e. The molecule has 1 atom stereocenters. The Labute approximate surface area is 207 Å². The summed E-state index contributed by atoms with van der Waals surface area (Å²) in [7, 11) is 1.67. The molecule has 2 amide bonds. The number of hydrogen-bond acceptors (Lipinski definition) is 4. The summed E-state index contributed by atoms with van der Waals surface area (Å²) in [6.07, 6.45) is 5.28. The molecule has 4 rings (SSSR count). The molecule has 34 heavy (non-hydrogen) atoms. The molecule has 182 valence electrons. The Hall–Kier alpha value is -2.57. The Balaban J connectivity index is 1.36. The number of piperazine rings is 1. The van der Waals surface area contributed by atoms with Crippen LogP contribution in [0.25, 0.3) is 0 Å². The molecule has 1 saturated heterocycles. The number of amides is 2. The Morgan fingerprint density at radius 3 is 2.50 bits per heavy atom. The SMILES string of the molecule is COc1ccccc1CCNC(=O)C(C1CCCC1)N1CCN(C(=O)c2cccc(Cl)c2)CC1. The minimum atomic E-state index is -0.136. The predicted molar refractivity (Wildman–Crippen MR) is 134 cm³/mol. The third-order valence-corrected chi connectivity index (χ3v) is 7.30. The van der Waals surface area contributed by atoms with E-state index < -0.39 is 0 Å². The molecule has 7 heteroatoms. The zero-order valence-corrected chi connectivity index (χ0v) is 20.6. The molecule has 6 nitrogen and oxygen atoms in total. The maximum absolute atomic E-state index is 13.4. The van der Waals surface area contributed by atoms with E-state index in [4.69, 9.17) is 16.3 Å². The number of nitrogens with zero attached hydrogens (tertiary/aromatic N) is 2. The van der Waals surface area contributed by atoms with E-state index in [1.807, 2.05) is 29.2 Å². The molecule has 0 radical (unpaired) electrons. The lowest BCUT2D eigenvalue weighted by molar-refractivity contribution is -0.129. The molecule has 1 N–H and O–H groups in total. The largest absolute Gasteiger partial charge is 0.496 e. The van der Waals surface area contributed by atoms with Crippen molar-refractivity contribution in [2.24, 2.45) is 5.92 Å². The molecule has 0 spiro atoms. The summed E-state index contributed by atoms with van der Waals surface area (Å²) in [4.78, 5) is 30.4. The van der Waals surface area contributed by atoms with Gasteiger partial charge in [-0.05, 0) is 55.0 Å². The summed E-state index contributed by atoms with van der Waals surface area (Å²) in [6.45, 7) is 3.21. The number of rotatable bonds is 8. The Kier molecular flexibility index (Phi) is 8.46. The fourth-order valence-electron chi connectivity index (χ4n) is 5.29. The molecule has 2 aromatic rings. The zero-order valence-electron chi connectivity index (χ0n) is 19.8. The molecule has 2 fully saturated rings. The molecule has 2 aliphatic rings. The second-order valence-electron chi connectivity index (χ2n) is 9.18. The maximum atomic E-state index is 13.4. The lowest BCUT2D eigenvalue weighted by Crippen LogP contribution is -2.58. The van der Waals surface area contributed by atoms with E-state index in [0.29, 0.717) is 49.2 Å². The number of methoxy groups -OCH3 is 1. The fourth-order valence-corrected chi connectivity index (χ4v) is 5.48. The third kappa shape index (κ3) is 5.91. The van der Waals surface area contributed by atoms with E-state index in [9.17, 15) is 9.59 Å². The summed E-state index contributed by atoms with van der Waals surface area (Å²) in [5, 5.41) is 3.76. The summed E-state index contributed by atoms with van der Waals surface area (Å²) in [5.74, 6) is 1.34. The van der Waals surface area contributed by atoms with Gasteiger partial charge in [-0.15, -0.1) is 0 Å². The van der Waals surface area contributed by atoms with Crippen molar-refractivity contribution in [1.82, 2.24) is 15.1 Å². The first kappa shape index (κ1) is 24.6. The monoisotopic (exact) mass is 483 g/mol. The number of carbonyl (C=O) groups is 2. The number of halogens is 1. The van der Waals surface area contributed by atoms with Crippen molar-refractivity contribution in [3.63, 3.8) is 0 Å². The van der Waals surface area contributed by atoms with Crippen molar-refractivity contribution in [2.75, 3.05) is 39.8 Å². The van der Waals surface area contributed by atoms with Crippen LogP contribution in [0.4, 0.5) is 0 Å². The van der Waals surface area contributed by atoms with E-state index in [1.165, 1.54) is 12.8 Å². The van der Waals surface area contributed by atoms with Gasteiger partial charge in [-0.25, -0.2) is 0 Å². The first-order chi connectivity index (χ1) is 16.6. The normalized spacial score (nSPS) is 18.0. The number of ether oxygens (including phenoxy) is 1. The topological polar surface area (TPSA) is 61.9 Å². The van der Waals surface area contributed by atoms with Gasteiger partial charge in [0.25, 0.3) is 5.91 Å². The first-order valence-electron chi connectivity index (χ1n) is 12.3. The molecule has 2 aromatic carbocycles. The summed E-state index contributed by atoms with van der Waals surface area (Å²) in [6, 6.07) is 14.9. The molecule has 1 aliphatic heterocycles. The van der Waals surface area contributed by atoms with Crippen LogP contribution in [0.3, 0.4) is 0 Å². The van der Waals surface area contributed by atoms with E-state index >= 15 is 0 Å². The van der Waals surface area contributed by atoms with Crippen LogP contribution >= 0.6 is 11.6 Å². The predicted octanol–water partition coefficient (Wildman–Crippen LogP) is 4.02.